The Kier molecular flexibility index (Phi) is 6.21. The molecule has 2 aromatic rings. The molecule has 26 heavy (non-hydrogen) atoms. The lowest BCUT2D eigenvalue weighted by molar-refractivity contribution is -0.126. The molecular formula is C19H26N4O2S. The summed E-state index contributed by atoms with van der Waals surface area (Å²) in [5, 5.41) is 3.67. The minimum atomic E-state index is -0.289. The number of rotatable bonds is 8. The van der Waals surface area contributed by atoms with Crippen molar-refractivity contribution in [3.05, 3.63) is 24.3 Å². The van der Waals surface area contributed by atoms with Gasteiger partial charge in [0.1, 0.15) is 0 Å². The number of thiazole rings is 1. The van der Waals surface area contributed by atoms with Crippen LogP contribution in [0, 0.1) is 5.92 Å². The number of aromatic nitrogens is 1. The third kappa shape index (κ3) is 4.22. The zero-order valence-electron chi connectivity index (χ0n) is 15.4. The number of hydrogen-bond acceptors (Lipinski definition) is 5. The highest BCUT2D eigenvalue weighted by molar-refractivity contribution is 7.22. The van der Waals surface area contributed by atoms with Crippen LogP contribution in [0.25, 0.3) is 10.2 Å². The highest BCUT2D eigenvalue weighted by Crippen LogP contribution is 2.32. The maximum Gasteiger partial charge on any atom is 0.229 e. The number of nitrogens with zero attached hydrogens (tertiary/aromatic N) is 3. The van der Waals surface area contributed by atoms with Crippen LogP contribution in [0.5, 0.6) is 0 Å². The summed E-state index contributed by atoms with van der Waals surface area (Å²) < 4.78 is 1.06. The molecule has 0 saturated carbocycles. The zero-order chi connectivity index (χ0) is 18.5. The normalized spacial score (nSPS) is 17.4. The molecule has 1 atom stereocenters. The average Bonchev–Trinajstić information content (AvgIpc) is 3.24. The number of carbonyl (C=O) groups is 2. The summed E-state index contributed by atoms with van der Waals surface area (Å²) >= 11 is 1.50. The highest BCUT2D eigenvalue weighted by Gasteiger charge is 2.36. The molecule has 0 bridgehead atoms. The van der Waals surface area contributed by atoms with Crippen molar-refractivity contribution in [1.29, 1.82) is 0 Å². The van der Waals surface area contributed by atoms with Crippen LogP contribution in [-0.4, -0.2) is 54.4 Å². The molecule has 1 saturated heterocycles. The number of hydrogen-bond donors (Lipinski definition) is 1. The van der Waals surface area contributed by atoms with E-state index in [2.05, 4.69) is 29.0 Å². The molecule has 3 rings (SSSR count). The van der Waals surface area contributed by atoms with Crippen LogP contribution in [0.15, 0.2) is 24.3 Å². The van der Waals surface area contributed by atoms with Crippen LogP contribution in [-0.2, 0) is 9.59 Å². The fourth-order valence-electron chi connectivity index (χ4n) is 3.24. The molecule has 2 amide bonds. The van der Waals surface area contributed by atoms with Crippen LogP contribution < -0.4 is 10.2 Å². The summed E-state index contributed by atoms with van der Waals surface area (Å²) in [6.45, 7) is 8.39. The Bertz CT molecular complexity index is 739. The van der Waals surface area contributed by atoms with Crippen LogP contribution in [0.3, 0.4) is 0 Å². The smallest absolute Gasteiger partial charge is 0.229 e. The fraction of sp³-hybridized carbons (Fsp3) is 0.526. The highest BCUT2D eigenvalue weighted by atomic mass is 32.1. The minimum absolute atomic E-state index is 0.0210. The maximum absolute atomic E-state index is 12.4. The van der Waals surface area contributed by atoms with Gasteiger partial charge in [-0.1, -0.05) is 37.3 Å². The number of anilines is 1. The van der Waals surface area contributed by atoms with Gasteiger partial charge in [0.05, 0.1) is 16.1 Å². The van der Waals surface area contributed by atoms with Crippen molar-refractivity contribution in [2.24, 2.45) is 5.92 Å². The first-order chi connectivity index (χ1) is 12.6. The number of amides is 2. The fourth-order valence-corrected chi connectivity index (χ4v) is 4.23. The van der Waals surface area contributed by atoms with Crippen LogP contribution in [0.4, 0.5) is 5.13 Å². The molecule has 2 heterocycles. The molecule has 1 unspecified atom stereocenters. The summed E-state index contributed by atoms with van der Waals surface area (Å²) in [4.78, 5) is 33.3. The zero-order valence-corrected chi connectivity index (χ0v) is 16.2. The summed E-state index contributed by atoms with van der Waals surface area (Å²) in [6, 6.07) is 7.84. The first kappa shape index (κ1) is 18.8. The summed E-state index contributed by atoms with van der Waals surface area (Å²) in [5.41, 5.74) is 0.893. The van der Waals surface area contributed by atoms with Crippen LogP contribution >= 0.6 is 11.3 Å². The topological polar surface area (TPSA) is 65.5 Å². The molecule has 1 aliphatic heterocycles. The van der Waals surface area contributed by atoms with E-state index in [0.717, 1.165) is 36.3 Å². The van der Waals surface area contributed by atoms with Crippen molar-refractivity contribution < 1.29 is 9.59 Å². The second kappa shape index (κ2) is 8.60. The molecule has 1 fully saturated rings. The van der Waals surface area contributed by atoms with E-state index in [1.165, 1.54) is 11.3 Å². The Balaban J connectivity index is 1.53. The second-order valence-corrected chi connectivity index (χ2v) is 7.55. The van der Waals surface area contributed by atoms with E-state index in [-0.39, 0.29) is 24.2 Å². The number of fused-ring (bicyclic) bond motifs is 1. The van der Waals surface area contributed by atoms with Crippen LogP contribution in [0.2, 0.25) is 0 Å². The van der Waals surface area contributed by atoms with Gasteiger partial charge in [-0.25, -0.2) is 4.98 Å². The first-order valence-corrected chi connectivity index (χ1v) is 10.1. The van der Waals surface area contributed by atoms with E-state index in [9.17, 15) is 9.59 Å². The number of carbonyl (C=O) groups excluding carboxylic acids is 2. The van der Waals surface area contributed by atoms with Crippen LogP contribution in [0.1, 0.15) is 26.7 Å². The van der Waals surface area contributed by atoms with E-state index in [0.29, 0.717) is 18.2 Å². The lowest BCUT2D eigenvalue weighted by Crippen LogP contribution is -2.35. The van der Waals surface area contributed by atoms with Gasteiger partial charge in [0.15, 0.2) is 5.13 Å². The number of benzene rings is 1. The summed E-state index contributed by atoms with van der Waals surface area (Å²) in [7, 11) is 0. The molecule has 0 spiro atoms. The van der Waals surface area contributed by atoms with Gasteiger partial charge in [0, 0.05) is 19.5 Å². The third-order valence-electron chi connectivity index (χ3n) is 4.85. The predicted molar refractivity (Wildman–Crippen MR) is 105 cm³/mol. The standard InChI is InChI=1S/C19H26N4O2S/c1-3-22(4-2)11-7-10-20-18(25)14-12-17(24)23(13-14)19-21-15-8-5-6-9-16(15)26-19/h5-6,8-9,14H,3-4,7,10-13H2,1-2H3,(H,20,25). The number of para-hydroxylation sites is 1. The Morgan fingerprint density at radius 3 is 2.85 bits per heavy atom. The third-order valence-corrected chi connectivity index (χ3v) is 5.91. The van der Waals surface area contributed by atoms with Crippen molar-refractivity contribution in [2.75, 3.05) is 37.6 Å². The van der Waals surface area contributed by atoms with Gasteiger partial charge in [0.2, 0.25) is 11.8 Å². The van der Waals surface area contributed by atoms with Gasteiger partial charge in [-0.3, -0.25) is 14.5 Å². The van der Waals surface area contributed by atoms with E-state index < -0.39 is 0 Å². The van der Waals surface area contributed by atoms with E-state index >= 15 is 0 Å². The monoisotopic (exact) mass is 374 g/mol. The molecule has 1 aromatic carbocycles. The lowest BCUT2D eigenvalue weighted by Gasteiger charge is -2.18. The van der Waals surface area contributed by atoms with Gasteiger partial charge in [0.25, 0.3) is 0 Å². The quantitative estimate of drug-likeness (QED) is 0.721. The Morgan fingerprint density at radius 1 is 1.35 bits per heavy atom. The molecule has 1 aliphatic rings. The Hall–Kier alpha value is -1.99. The molecule has 0 radical (unpaired) electrons. The SMILES string of the molecule is CCN(CC)CCCNC(=O)C1CC(=O)N(c2nc3ccccc3s2)C1. The van der Waals surface area contributed by atoms with Crippen molar-refractivity contribution in [3.8, 4) is 0 Å². The van der Waals surface area contributed by atoms with Crippen molar-refractivity contribution in [1.82, 2.24) is 15.2 Å². The van der Waals surface area contributed by atoms with Gasteiger partial charge < -0.3 is 10.2 Å². The van der Waals surface area contributed by atoms with E-state index in [1.54, 1.807) is 4.90 Å². The first-order valence-electron chi connectivity index (χ1n) is 9.28. The average molecular weight is 375 g/mol. The molecule has 1 N–H and O–H groups in total. The molecule has 7 heteroatoms. The molecule has 140 valence electrons. The minimum Gasteiger partial charge on any atom is -0.356 e. The molecule has 6 nitrogen and oxygen atoms in total. The van der Waals surface area contributed by atoms with Gasteiger partial charge >= 0.3 is 0 Å². The lowest BCUT2D eigenvalue weighted by atomic mass is 10.1. The maximum atomic E-state index is 12.4. The van der Waals surface area contributed by atoms with Crippen molar-refractivity contribution in [2.45, 2.75) is 26.7 Å². The molecular weight excluding hydrogens is 348 g/mol. The van der Waals surface area contributed by atoms with E-state index in [1.807, 2.05) is 24.3 Å². The van der Waals surface area contributed by atoms with Crippen molar-refractivity contribution >= 4 is 38.5 Å². The van der Waals surface area contributed by atoms with Gasteiger partial charge in [-0.2, -0.15) is 0 Å². The Morgan fingerprint density at radius 2 is 2.12 bits per heavy atom. The van der Waals surface area contributed by atoms with Crippen molar-refractivity contribution in [3.63, 3.8) is 0 Å². The van der Waals surface area contributed by atoms with Gasteiger partial charge in [-0.05, 0) is 38.2 Å². The largest absolute Gasteiger partial charge is 0.356 e. The predicted octanol–water partition coefficient (Wildman–Crippen LogP) is 2.50. The molecule has 1 aromatic heterocycles. The van der Waals surface area contributed by atoms with Gasteiger partial charge in [-0.15, -0.1) is 0 Å². The Labute approximate surface area is 158 Å². The second-order valence-electron chi connectivity index (χ2n) is 6.54. The summed E-state index contributed by atoms with van der Waals surface area (Å²) in [5.74, 6) is -0.336. The van der Waals surface area contributed by atoms with E-state index in [4.69, 9.17) is 0 Å². The number of nitrogens with one attached hydrogen (secondary N) is 1. The molecule has 0 aliphatic carbocycles. The summed E-state index contributed by atoms with van der Waals surface area (Å²) in [6.07, 6.45) is 1.19.